The smallest absolute Gasteiger partial charge is 0.100 e. The second-order valence-corrected chi connectivity index (χ2v) is 3.35. The van der Waals surface area contributed by atoms with Crippen LogP contribution >= 0.6 is 0 Å². The molecule has 0 bridgehead atoms. The maximum atomic E-state index is 9.69. The van der Waals surface area contributed by atoms with Gasteiger partial charge in [0.15, 0.2) is 0 Å². The predicted octanol–water partition coefficient (Wildman–Crippen LogP) is -0.175. The molecule has 1 atom stereocenters. The Balaban J connectivity index is 2.44. The van der Waals surface area contributed by atoms with Gasteiger partial charge in [0.05, 0.1) is 6.61 Å². The van der Waals surface area contributed by atoms with Gasteiger partial charge in [-0.15, -0.1) is 0 Å². The molecule has 1 rings (SSSR count). The minimum Gasteiger partial charge on any atom is -0.393 e. The van der Waals surface area contributed by atoms with E-state index in [-0.39, 0.29) is 6.61 Å². The molecule has 0 aromatic carbocycles. The number of likely N-dealkylation sites (tertiary alicyclic amines) is 1. The van der Waals surface area contributed by atoms with Crippen molar-refractivity contribution in [3.63, 3.8) is 0 Å². The topological polar surface area (TPSA) is 43.7 Å². The van der Waals surface area contributed by atoms with E-state index in [4.69, 9.17) is 5.11 Å². The van der Waals surface area contributed by atoms with Gasteiger partial charge in [-0.25, -0.2) is 0 Å². The zero-order chi connectivity index (χ0) is 8.32. The average molecular weight is 159 g/mol. The van der Waals surface area contributed by atoms with Crippen LogP contribution in [0.5, 0.6) is 0 Å². The molecule has 1 fully saturated rings. The summed E-state index contributed by atoms with van der Waals surface area (Å²) in [5.74, 6) is 0. The number of nitrogens with zero attached hydrogens (tertiary/aromatic N) is 1. The highest BCUT2D eigenvalue weighted by atomic mass is 16.3. The third-order valence-electron chi connectivity index (χ3n) is 2.38. The van der Waals surface area contributed by atoms with E-state index >= 15 is 0 Å². The Morgan fingerprint density at radius 1 is 1.55 bits per heavy atom. The first-order valence-electron chi connectivity index (χ1n) is 4.26. The summed E-state index contributed by atoms with van der Waals surface area (Å²) in [7, 11) is 0. The van der Waals surface area contributed by atoms with Crippen molar-refractivity contribution in [1.29, 1.82) is 0 Å². The molecule has 0 spiro atoms. The largest absolute Gasteiger partial charge is 0.393 e. The molecule has 1 heterocycles. The van der Waals surface area contributed by atoms with Crippen LogP contribution in [0.25, 0.3) is 0 Å². The van der Waals surface area contributed by atoms with Crippen LogP contribution < -0.4 is 0 Å². The van der Waals surface area contributed by atoms with Crippen molar-refractivity contribution in [3.05, 3.63) is 0 Å². The summed E-state index contributed by atoms with van der Waals surface area (Å²) in [6.45, 7) is 4.60. The van der Waals surface area contributed by atoms with Crippen molar-refractivity contribution >= 4 is 0 Å². The number of likely N-dealkylation sites (N-methyl/N-ethyl adjacent to an activating group) is 1. The summed E-state index contributed by atoms with van der Waals surface area (Å²) in [6.07, 6.45) is 1.73. The van der Waals surface area contributed by atoms with Gasteiger partial charge in [0.2, 0.25) is 0 Å². The molecule has 11 heavy (non-hydrogen) atoms. The number of hydrogen-bond acceptors (Lipinski definition) is 3. The van der Waals surface area contributed by atoms with Gasteiger partial charge >= 0.3 is 0 Å². The number of aliphatic hydroxyl groups is 2. The normalized spacial score (nSPS) is 34.1. The Labute approximate surface area is 67.6 Å². The molecule has 0 saturated carbocycles. The van der Waals surface area contributed by atoms with Crippen LogP contribution in [0.3, 0.4) is 0 Å². The molecule has 0 aliphatic carbocycles. The standard InChI is InChI=1S/C8H17NO2/c1-2-9-5-3-4-8(11,6-9)7-10/h10-11H,2-7H2,1H3. The zero-order valence-corrected chi connectivity index (χ0v) is 7.08. The Morgan fingerprint density at radius 2 is 2.27 bits per heavy atom. The van der Waals surface area contributed by atoms with Crippen LogP contribution in [0.2, 0.25) is 0 Å². The Hall–Kier alpha value is -0.120. The number of β-amino-alcohol motifs (C(OH)–C–C–N with tert-alkyl or cyclic N) is 1. The first-order chi connectivity index (χ1) is 5.20. The van der Waals surface area contributed by atoms with E-state index < -0.39 is 5.60 Å². The van der Waals surface area contributed by atoms with Crippen LogP contribution in [0.15, 0.2) is 0 Å². The molecule has 66 valence electrons. The van der Waals surface area contributed by atoms with Crippen molar-refractivity contribution in [2.45, 2.75) is 25.4 Å². The lowest BCUT2D eigenvalue weighted by atomic mass is 9.94. The number of hydrogen-bond donors (Lipinski definition) is 2. The van der Waals surface area contributed by atoms with Gasteiger partial charge in [0.1, 0.15) is 5.60 Å². The van der Waals surface area contributed by atoms with E-state index in [1.165, 1.54) is 0 Å². The van der Waals surface area contributed by atoms with Crippen LogP contribution in [-0.4, -0.2) is 47.0 Å². The van der Waals surface area contributed by atoms with Crippen molar-refractivity contribution in [3.8, 4) is 0 Å². The highest BCUT2D eigenvalue weighted by Gasteiger charge is 2.31. The second kappa shape index (κ2) is 3.52. The summed E-state index contributed by atoms with van der Waals surface area (Å²) >= 11 is 0. The summed E-state index contributed by atoms with van der Waals surface area (Å²) < 4.78 is 0. The number of piperidine rings is 1. The summed E-state index contributed by atoms with van der Waals surface area (Å²) in [5.41, 5.74) is -0.825. The summed E-state index contributed by atoms with van der Waals surface area (Å²) in [4.78, 5) is 2.17. The lowest BCUT2D eigenvalue weighted by Crippen LogP contribution is -2.50. The summed E-state index contributed by atoms with van der Waals surface area (Å²) in [5, 5.41) is 18.6. The molecule has 0 aromatic rings. The van der Waals surface area contributed by atoms with Crippen molar-refractivity contribution in [1.82, 2.24) is 4.90 Å². The van der Waals surface area contributed by atoms with Crippen molar-refractivity contribution in [2.75, 3.05) is 26.2 Å². The third-order valence-corrected chi connectivity index (χ3v) is 2.38. The summed E-state index contributed by atoms with van der Waals surface area (Å²) in [6, 6.07) is 0. The Kier molecular flexibility index (Phi) is 2.87. The first-order valence-corrected chi connectivity index (χ1v) is 4.26. The fourth-order valence-corrected chi connectivity index (χ4v) is 1.61. The average Bonchev–Trinajstić information content (AvgIpc) is 2.05. The Morgan fingerprint density at radius 3 is 2.82 bits per heavy atom. The first kappa shape index (κ1) is 8.97. The molecule has 1 aliphatic heterocycles. The van der Waals surface area contributed by atoms with Gasteiger partial charge in [0, 0.05) is 6.54 Å². The van der Waals surface area contributed by atoms with Crippen LogP contribution in [0.4, 0.5) is 0 Å². The molecule has 3 nitrogen and oxygen atoms in total. The van der Waals surface area contributed by atoms with E-state index in [1.54, 1.807) is 0 Å². The van der Waals surface area contributed by atoms with E-state index in [9.17, 15) is 5.11 Å². The number of aliphatic hydroxyl groups excluding tert-OH is 1. The molecule has 3 heteroatoms. The highest BCUT2D eigenvalue weighted by molar-refractivity contribution is 4.85. The van der Waals surface area contributed by atoms with Crippen LogP contribution in [0, 0.1) is 0 Å². The van der Waals surface area contributed by atoms with E-state index in [1.807, 2.05) is 0 Å². The van der Waals surface area contributed by atoms with E-state index in [0.29, 0.717) is 6.54 Å². The molecule has 1 unspecified atom stereocenters. The van der Waals surface area contributed by atoms with Gasteiger partial charge in [-0.2, -0.15) is 0 Å². The molecule has 1 aliphatic rings. The fraction of sp³-hybridized carbons (Fsp3) is 1.00. The number of rotatable bonds is 2. The zero-order valence-electron chi connectivity index (χ0n) is 7.08. The van der Waals surface area contributed by atoms with Crippen LogP contribution in [0.1, 0.15) is 19.8 Å². The Bertz CT molecular complexity index is 129. The van der Waals surface area contributed by atoms with Gasteiger partial charge < -0.3 is 15.1 Å². The molecule has 1 saturated heterocycles. The van der Waals surface area contributed by atoms with Crippen LogP contribution in [-0.2, 0) is 0 Å². The highest BCUT2D eigenvalue weighted by Crippen LogP contribution is 2.19. The molecule has 2 N–H and O–H groups in total. The van der Waals surface area contributed by atoms with Gasteiger partial charge in [0.25, 0.3) is 0 Å². The lowest BCUT2D eigenvalue weighted by molar-refractivity contribution is -0.0656. The molecular formula is C8H17NO2. The minimum absolute atomic E-state index is 0.108. The minimum atomic E-state index is -0.825. The lowest BCUT2D eigenvalue weighted by Gasteiger charge is -2.37. The maximum absolute atomic E-state index is 9.69. The molecule has 0 radical (unpaired) electrons. The van der Waals surface area contributed by atoms with E-state index in [2.05, 4.69) is 11.8 Å². The monoisotopic (exact) mass is 159 g/mol. The molecule has 0 amide bonds. The van der Waals surface area contributed by atoms with Gasteiger partial charge in [-0.1, -0.05) is 6.92 Å². The quantitative estimate of drug-likeness (QED) is 0.587. The SMILES string of the molecule is CCN1CCCC(O)(CO)C1. The second-order valence-electron chi connectivity index (χ2n) is 3.35. The maximum Gasteiger partial charge on any atom is 0.100 e. The molecule has 0 aromatic heterocycles. The van der Waals surface area contributed by atoms with Crippen molar-refractivity contribution in [2.24, 2.45) is 0 Å². The third kappa shape index (κ3) is 2.15. The van der Waals surface area contributed by atoms with Crippen molar-refractivity contribution < 1.29 is 10.2 Å². The predicted molar refractivity (Wildman–Crippen MR) is 43.4 cm³/mol. The van der Waals surface area contributed by atoms with Gasteiger partial charge in [-0.05, 0) is 25.9 Å². The van der Waals surface area contributed by atoms with E-state index in [0.717, 1.165) is 25.9 Å². The molecular weight excluding hydrogens is 142 g/mol. The van der Waals surface area contributed by atoms with Gasteiger partial charge in [-0.3, -0.25) is 0 Å². The fourth-order valence-electron chi connectivity index (χ4n) is 1.61.